The lowest BCUT2D eigenvalue weighted by Crippen LogP contribution is -2.29. The molecule has 1 atom stereocenters. The van der Waals surface area contributed by atoms with E-state index in [2.05, 4.69) is 0 Å². The second kappa shape index (κ2) is 6.64. The minimum absolute atomic E-state index is 0.0450. The number of anilines is 1. The lowest BCUT2D eigenvalue weighted by atomic mass is 10.1. The topological polar surface area (TPSA) is 66.3 Å². The molecule has 2 heterocycles. The van der Waals surface area contributed by atoms with Gasteiger partial charge in [0.1, 0.15) is 11.5 Å². The molecule has 2 aromatic carbocycles. The van der Waals surface area contributed by atoms with Crippen molar-refractivity contribution in [3.8, 4) is 11.3 Å². The largest absolute Gasteiger partial charge is 0.478 e. The summed E-state index contributed by atoms with van der Waals surface area (Å²) in [6.07, 6.45) is 7.77. The highest BCUT2D eigenvalue weighted by Crippen LogP contribution is 2.32. The molecule has 27 heavy (non-hydrogen) atoms. The van der Waals surface area contributed by atoms with Crippen molar-refractivity contribution in [3.63, 3.8) is 0 Å². The monoisotopic (exact) mass is 361 g/mol. The van der Waals surface area contributed by atoms with E-state index in [-0.39, 0.29) is 17.4 Å². The van der Waals surface area contributed by atoms with Crippen molar-refractivity contribution < 1.29 is 14.3 Å². The first-order chi connectivity index (χ1) is 13.0. The number of carboxylic acids is 1. The first-order valence-corrected chi connectivity index (χ1v) is 8.47. The molecule has 1 aliphatic rings. The van der Waals surface area contributed by atoms with Crippen molar-refractivity contribution in [1.82, 2.24) is 9.97 Å². The summed E-state index contributed by atoms with van der Waals surface area (Å²) in [4.78, 5) is 22.7. The van der Waals surface area contributed by atoms with E-state index < -0.39 is 5.97 Å². The van der Waals surface area contributed by atoms with Crippen LogP contribution >= 0.6 is 0 Å². The molecule has 1 aromatic heterocycles. The van der Waals surface area contributed by atoms with Crippen LogP contribution in [0.15, 0.2) is 66.9 Å². The first kappa shape index (κ1) is 16.9. The zero-order chi connectivity index (χ0) is 19.0. The number of aromatic carboxylic acids is 1. The Bertz CT molecular complexity index is 1090. The van der Waals surface area contributed by atoms with Gasteiger partial charge in [-0.3, -0.25) is 0 Å². The van der Waals surface area contributed by atoms with E-state index in [0.717, 1.165) is 5.56 Å². The number of fused-ring (bicyclic) bond motifs is 1. The van der Waals surface area contributed by atoms with Gasteiger partial charge in [-0.05, 0) is 55.5 Å². The van der Waals surface area contributed by atoms with Crippen LogP contribution in [0.25, 0.3) is 22.3 Å². The van der Waals surface area contributed by atoms with Gasteiger partial charge < -0.3 is 10.0 Å². The van der Waals surface area contributed by atoms with E-state index in [9.17, 15) is 14.3 Å². The third-order valence-corrected chi connectivity index (χ3v) is 4.44. The van der Waals surface area contributed by atoms with Crippen LogP contribution in [0.1, 0.15) is 17.3 Å². The molecule has 0 aliphatic carbocycles. The summed E-state index contributed by atoms with van der Waals surface area (Å²) < 4.78 is 13.4. The molecular weight excluding hydrogens is 345 g/mol. The predicted octanol–water partition coefficient (Wildman–Crippen LogP) is 4.41. The molecule has 1 aliphatic heterocycles. The van der Waals surface area contributed by atoms with E-state index in [4.69, 9.17) is 9.97 Å². The minimum Gasteiger partial charge on any atom is -0.478 e. The molecular formula is C21H16FN3O2. The molecule has 0 fully saturated rings. The first-order valence-electron chi connectivity index (χ1n) is 8.47. The molecule has 0 unspecified atom stereocenters. The SMILES string of the molecule is C[C@H]1C=CC=CN1c1nc2cc(C(=O)O)ccc2nc1-c1ccc(F)cc1. The molecule has 4 rings (SSSR count). The molecule has 0 saturated carbocycles. The molecule has 3 aromatic rings. The number of benzene rings is 2. The van der Waals surface area contributed by atoms with Crippen molar-refractivity contribution in [2.24, 2.45) is 0 Å². The Hall–Kier alpha value is -3.54. The zero-order valence-corrected chi connectivity index (χ0v) is 14.5. The highest BCUT2D eigenvalue weighted by molar-refractivity contribution is 5.93. The molecule has 134 valence electrons. The van der Waals surface area contributed by atoms with E-state index in [1.165, 1.54) is 24.3 Å². The third kappa shape index (κ3) is 3.17. The van der Waals surface area contributed by atoms with Crippen LogP contribution < -0.4 is 4.90 Å². The number of hydrogen-bond donors (Lipinski definition) is 1. The molecule has 0 spiro atoms. The predicted molar refractivity (Wildman–Crippen MR) is 102 cm³/mol. The van der Waals surface area contributed by atoms with Crippen LogP contribution in [0.2, 0.25) is 0 Å². The number of hydrogen-bond acceptors (Lipinski definition) is 4. The molecule has 5 nitrogen and oxygen atoms in total. The molecule has 0 radical (unpaired) electrons. The van der Waals surface area contributed by atoms with Crippen LogP contribution in [0.4, 0.5) is 10.2 Å². The normalized spacial score (nSPS) is 16.1. The standard InChI is InChI=1S/C21H16FN3O2/c1-13-4-2-3-11-25(13)20-19(14-5-8-16(22)9-6-14)23-17-10-7-15(21(26)27)12-18(17)24-20/h2-13H,1H3,(H,26,27)/t13-/m0/s1. The Labute approximate surface area is 155 Å². The van der Waals surface area contributed by atoms with Gasteiger partial charge in [0.2, 0.25) is 0 Å². The fraction of sp³-hybridized carbons (Fsp3) is 0.0952. The average molecular weight is 361 g/mol. The Morgan fingerprint density at radius 2 is 1.85 bits per heavy atom. The van der Waals surface area contributed by atoms with Crippen LogP contribution in [0, 0.1) is 5.82 Å². The maximum Gasteiger partial charge on any atom is 0.335 e. The summed E-state index contributed by atoms with van der Waals surface area (Å²) in [5, 5.41) is 9.25. The van der Waals surface area contributed by atoms with Gasteiger partial charge in [-0.2, -0.15) is 0 Å². The number of rotatable bonds is 3. The molecule has 0 amide bonds. The minimum atomic E-state index is -1.02. The maximum atomic E-state index is 13.4. The molecule has 0 saturated heterocycles. The summed E-state index contributed by atoms with van der Waals surface area (Å²) in [7, 11) is 0. The van der Waals surface area contributed by atoms with E-state index in [0.29, 0.717) is 22.5 Å². The Kier molecular flexibility index (Phi) is 4.16. The number of nitrogens with zero attached hydrogens (tertiary/aromatic N) is 3. The van der Waals surface area contributed by atoms with Gasteiger partial charge in [0.25, 0.3) is 0 Å². The average Bonchev–Trinajstić information content (AvgIpc) is 2.67. The van der Waals surface area contributed by atoms with Gasteiger partial charge in [0.15, 0.2) is 5.82 Å². The summed E-state index contributed by atoms with van der Waals surface area (Å²) in [5.74, 6) is -0.754. The quantitative estimate of drug-likeness (QED) is 0.748. The smallest absolute Gasteiger partial charge is 0.335 e. The number of halogens is 1. The van der Waals surface area contributed by atoms with Crippen LogP contribution in [0.5, 0.6) is 0 Å². The lowest BCUT2D eigenvalue weighted by molar-refractivity contribution is 0.0697. The molecule has 6 heteroatoms. The highest BCUT2D eigenvalue weighted by atomic mass is 19.1. The van der Waals surface area contributed by atoms with Gasteiger partial charge >= 0.3 is 5.97 Å². The van der Waals surface area contributed by atoms with Gasteiger partial charge in [0, 0.05) is 11.8 Å². The summed E-state index contributed by atoms with van der Waals surface area (Å²) in [5.41, 5.74) is 2.56. The van der Waals surface area contributed by atoms with Crippen LogP contribution in [-0.4, -0.2) is 27.1 Å². The third-order valence-electron chi connectivity index (χ3n) is 4.44. The van der Waals surface area contributed by atoms with Crippen LogP contribution in [-0.2, 0) is 0 Å². The van der Waals surface area contributed by atoms with E-state index >= 15 is 0 Å². The molecule has 1 N–H and O–H groups in total. The highest BCUT2D eigenvalue weighted by Gasteiger charge is 2.20. The summed E-state index contributed by atoms with van der Waals surface area (Å²) in [6.45, 7) is 2.02. The number of carbonyl (C=O) groups is 1. The lowest BCUT2D eigenvalue weighted by Gasteiger charge is -2.28. The van der Waals surface area contributed by atoms with Crippen molar-refractivity contribution in [1.29, 1.82) is 0 Å². The van der Waals surface area contributed by atoms with Gasteiger partial charge in [-0.1, -0.05) is 12.2 Å². The van der Waals surface area contributed by atoms with Crippen molar-refractivity contribution in [3.05, 3.63) is 78.3 Å². The second-order valence-electron chi connectivity index (χ2n) is 6.29. The number of allylic oxidation sites excluding steroid dienone is 2. The fourth-order valence-corrected chi connectivity index (χ4v) is 3.02. The maximum absolute atomic E-state index is 13.4. The fourth-order valence-electron chi connectivity index (χ4n) is 3.02. The number of carboxylic acid groups (broad SMARTS) is 1. The summed E-state index contributed by atoms with van der Waals surface area (Å²) >= 11 is 0. The number of aromatic nitrogens is 2. The summed E-state index contributed by atoms with van der Waals surface area (Å²) in [6, 6.07) is 10.8. The Morgan fingerprint density at radius 1 is 1.07 bits per heavy atom. The Morgan fingerprint density at radius 3 is 2.56 bits per heavy atom. The van der Waals surface area contributed by atoms with Gasteiger partial charge in [0.05, 0.1) is 22.6 Å². The van der Waals surface area contributed by atoms with E-state index in [1.54, 1.807) is 18.2 Å². The van der Waals surface area contributed by atoms with Crippen molar-refractivity contribution in [2.75, 3.05) is 4.90 Å². The van der Waals surface area contributed by atoms with Crippen molar-refractivity contribution in [2.45, 2.75) is 13.0 Å². The van der Waals surface area contributed by atoms with Gasteiger partial charge in [-0.15, -0.1) is 0 Å². The Balaban J connectivity index is 1.96. The van der Waals surface area contributed by atoms with Crippen LogP contribution in [0.3, 0.4) is 0 Å². The van der Waals surface area contributed by atoms with Gasteiger partial charge in [-0.25, -0.2) is 19.2 Å². The van der Waals surface area contributed by atoms with Crippen molar-refractivity contribution >= 4 is 22.8 Å². The second-order valence-corrected chi connectivity index (χ2v) is 6.29. The van der Waals surface area contributed by atoms with E-state index in [1.807, 2.05) is 36.3 Å². The molecule has 0 bridgehead atoms. The zero-order valence-electron chi connectivity index (χ0n) is 14.5.